The standard InChI is InChI=1S/C14H18N2O2S/c17-13-5-7-16(8-6-15-13)14(18)11-9-19-12-4-2-1-3-10(11)12/h9H,1-8H2,(H,15,17). The second kappa shape index (κ2) is 5.33. The topological polar surface area (TPSA) is 49.4 Å². The molecule has 0 unspecified atom stereocenters. The number of fused-ring (bicyclic) bond motifs is 1. The lowest BCUT2D eigenvalue weighted by Gasteiger charge is -2.21. The van der Waals surface area contributed by atoms with Gasteiger partial charge in [-0.3, -0.25) is 9.59 Å². The highest BCUT2D eigenvalue weighted by atomic mass is 32.1. The summed E-state index contributed by atoms with van der Waals surface area (Å²) >= 11 is 1.72. The third-order valence-corrected chi connectivity index (χ3v) is 4.98. The van der Waals surface area contributed by atoms with E-state index < -0.39 is 0 Å². The molecule has 0 radical (unpaired) electrons. The maximum Gasteiger partial charge on any atom is 0.255 e. The fourth-order valence-electron chi connectivity index (χ4n) is 2.81. The van der Waals surface area contributed by atoms with Crippen LogP contribution in [0.25, 0.3) is 0 Å². The molecule has 102 valence electrons. The Hall–Kier alpha value is -1.36. The van der Waals surface area contributed by atoms with Crippen molar-refractivity contribution in [1.29, 1.82) is 0 Å². The van der Waals surface area contributed by atoms with E-state index in [0.29, 0.717) is 26.1 Å². The second-order valence-electron chi connectivity index (χ2n) is 5.15. The molecular weight excluding hydrogens is 260 g/mol. The second-order valence-corrected chi connectivity index (χ2v) is 6.11. The molecule has 1 aromatic heterocycles. The Morgan fingerprint density at radius 2 is 2.05 bits per heavy atom. The van der Waals surface area contributed by atoms with Crippen molar-refractivity contribution in [2.24, 2.45) is 0 Å². The van der Waals surface area contributed by atoms with Crippen LogP contribution in [0.2, 0.25) is 0 Å². The molecule has 0 spiro atoms. The van der Waals surface area contributed by atoms with Gasteiger partial charge in [0.15, 0.2) is 0 Å². The highest BCUT2D eigenvalue weighted by Crippen LogP contribution is 2.31. The number of hydrogen-bond acceptors (Lipinski definition) is 3. The van der Waals surface area contributed by atoms with Crippen molar-refractivity contribution in [2.75, 3.05) is 19.6 Å². The summed E-state index contributed by atoms with van der Waals surface area (Å²) in [6.07, 6.45) is 4.99. The van der Waals surface area contributed by atoms with Crippen molar-refractivity contribution in [3.05, 3.63) is 21.4 Å². The quantitative estimate of drug-likeness (QED) is 0.848. The van der Waals surface area contributed by atoms with E-state index in [0.717, 1.165) is 18.4 Å². The third-order valence-electron chi connectivity index (χ3n) is 3.89. The number of nitrogens with one attached hydrogen (secondary N) is 1. The molecule has 0 aromatic carbocycles. The Labute approximate surface area is 116 Å². The summed E-state index contributed by atoms with van der Waals surface area (Å²) in [7, 11) is 0. The molecule has 1 fully saturated rings. The van der Waals surface area contributed by atoms with Gasteiger partial charge in [0.25, 0.3) is 5.91 Å². The average molecular weight is 278 g/mol. The molecule has 1 aliphatic heterocycles. The van der Waals surface area contributed by atoms with Gasteiger partial charge in [0.1, 0.15) is 0 Å². The summed E-state index contributed by atoms with van der Waals surface area (Å²) < 4.78 is 0. The van der Waals surface area contributed by atoms with Gasteiger partial charge in [0.2, 0.25) is 5.91 Å². The summed E-state index contributed by atoms with van der Waals surface area (Å²) in [5.41, 5.74) is 2.15. The zero-order valence-corrected chi connectivity index (χ0v) is 11.7. The van der Waals surface area contributed by atoms with E-state index in [-0.39, 0.29) is 11.8 Å². The number of aryl methyl sites for hydroxylation is 1. The molecule has 4 nitrogen and oxygen atoms in total. The number of carbonyl (C=O) groups is 2. The Kier molecular flexibility index (Phi) is 3.55. The van der Waals surface area contributed by atoms with Crippen LogP contribution in [0, 0.1) is 0 Å². The molecule has 1 aromatic rings. The van der Waals surface area contributed by atoms with Gasteiger partial charge < -0.3 is 10.2 Å². The predicted molar refractivity (Wildman–Crippen MR) is 74.5 cm³/mol. The first kappa shape index (κ1) is 12.7. The number of thiophene rings is 1. The minimum absolute atomic E-state index is 0.0441. The van der Waals surface area contributed by atoms with Gasteiger partial charge in [-0.1, -0.05) is 0 Å². The molecule has 1 aliphatic carbocycles. The van der Waals surface area contributed by atoms with Crippen molar-refractivity contribution in [1.82, 2.24) is 10.2 Å². The van der Waals surface area contributed by atoms with Crippen LogP contribution in [0.5, 0.6) is 0 Å². The summed E-state index contributed by atoms with van der Waals surface area (Å²) in [6.45, 7) is 1.72. The molecule has 19 heavy (non-hydrogen) atoms. The van der Waals surface area contributed by atoms with Gasteiger partial charge in [0.05, 0.1) is 5.56 Å². The fraction of sp³-hybridized carbons (Fsp3) is 0.571. The molecule has 2 amide bonds. The fourth-order valence-corrected chi connectivity index (χ4v) is 3.93. The monoisotopic (exact) mass is 278 g/mol. The van der Waals surface area contributed by atoms with Crippen LogP contribution in [0.4, 0.5) is 0 Å². The van der Waals surface area contributed by atoms with Gasteiger partial charge in [-0.2, -0.15) is 0 Å². The van der Waals surface area contributed by atoms with Crippen molar-refractivity contribution < 1.29 is 9.59 Å². The number of amides is 2. The van der Waals surface area contributed by atoms with Crippen molar-refractivity contribution in [3.63, 3.8) is 0 Å². The highest BCUT2D eigenvalue weighted by Gasteiger charge is 2.25. The molecule has 0 bridgehead atoms. The SMILES string of the molecule is O=C1CCN(C(=O)c2csc3c2CCCC3)CCN1. The van der Waals surface area contributed by atoms with Gasteiger partial charge in [-0.05, 0) is 31.2 Å². The maximum atomic E-state index is 12.6. The van der Waals surface area contributed by atoms with E-state index in [2.05, 4.69) is 5.32 Å². The molecule has 2 aliphatic rings. The van der Waals surface area contributed by atoms with Crippen LogP contribution >= 0.6 is 11.3 Å². The lowest BCUT2D eigenvalue weighted by Crippen LogP contribution is -2.34. The molecule has 3 rings (SSSR count). The Bertz CT molecular complexity index is 510. The lowest BCUT2D eigenvalue weighted by molar-refractivity contribution is -0.120. The highest BCUT2D eigenvalue weighted by molar-refractivity contribution is 7.10. The van der Waals surface area contributed by atoms with E-state index in [9.17, 15) is 9.59 Å². The van der Waals surface area contributed by atoms with Crippen LogP contribution in [0.3, 0.4) is 0 Å². The average Bonchev–Trinajstić information content (AvgIpc) is 2.74. The van der Waals surface area contributed by atoms with E-state index in [1.54, 1.807) is 11.3 Å². The molecule has 1 N–H and O–H groups in total. The summed E-state index contributed by atoms with van der Waals surface area (Å²) in [4.78, 5) is 27.1. The first-order valence-electron chi connectivity index (χ1n) is 6.91. The lowest BCUT2D eigenvalue weighted by atomic mass is 9.95. The molecule has 1 saturated heterocycles. The van der Waals surface area contributed by atoms with E-state index in [4.69, 9.17) is 0 Å². The van der Waals surface area contributed by atoms with Gasteiger partial charge >= 0.3 is 0 Å². The van der Waals surface area contributed by atoms with Crippen LogP contribution in [0.15, 0.2) is 5.38 Å². The first-order chi connectivity index (χ1) is 9.25. The Balaban J connectivity index is 1.79. The number of rotatable bonds is 1. The normalized spacial score (nSPS) is 19.6. The summed E-state index contributed by atoms with van der Waals surface area (Å²) in [5, 5.41) is 4.82. The van der Waals surface area contributed by atoms with Gasteiger partial charge in [0, 0.05) is 36.3 Å². The van der Waals surface area contributed by atoms with Crippen LogP contribution in [-0.2, 0) is 17.6 Å². The Morgan fingerprint density at radius 1 is 1.21 bits per heavy atom. The predicted octanol–water partition coefficient (Wildman–Crippen LogP) is 1.59. The zero-order valence-electron chi connectivity index (χ0n) is 10.9. The number of nitrogens with zero attached hydrogens (tertiary/aromatic N) is 1. The summed E-state index contributed by atoms with van der Waals surface area (Å²) in [6, 6.07) is 0. The number of hydrogen-bond donors (Lipinski definition) is 1. The molecule has 0 saturated carbocycles. The van der Waals surface area contributed by atoms with Crippen LogP contribution < -0.4 is 5.32 Å². The van der Waals surface area contributed by atoms with Crippen LogP contribution in [0.1, 0.15) is 40.1 Å². The number of carbonyl (C=O) groups excluding carboxylic acids is 2. The van der Waals surface area contributed by atoms with Gasteiger partial charge in [-0.25, -0.2) is 0 Å². The molecule has 0 atom stereocenters. The smallest absolute Gasteiger partial charge is 0.255 e. The minimum atomic E-state index is 0.0441. The zero-order chi connectivity index (χ0) is 13.2. The van der Waals surface area contributed by atoms with Crippen LogP contribution in [-0.4, -0.2) is 36.3 Å². The van der Waals surface area contributed by atoms with Crippen molar-refractivity contribution in [2.45, 2.75) is 32.1 Å². The molecule has 5 heteroatoms. The molecule has 2 heterocycles. The first-order valence-corrected chi connectivity index (χ1v) is 7.79. The van der Waals surface area contributed by atoms with Crippen molar-refractivity contribution >= 4 is 23.2 Å². The minimum Gasteiger partial charge on any atom is -0.354 e. The van der Waals surface area contributed by atoms with E-state index in [1.807, 2.05) is 10.3 Å². The third kappa shape index (κ3) is 2.52. The maximum absolute atomic E-state index is 12.6. The van der Waals surface area contributed by atoms with Gasteiger partial charge in [-0.15, -0.1) is 11.3 Å². The summed E-state index contributed by atoms with van der Waals surface area (Å²) in [5.74, 6) is 0.151. The molecular formula is C14H18N2O2S. The largest absolute Gasteiger partial charge is 0.354 e. The van der Waals surface area contributed by atoms with Crippen molar-refractivity contribution in [3.8, 4) is 0 Å². The van der Waals surface area contributed by atoms with E-state index in [1.165, 1.54) is 23.3 Å². The van der Waals surface area contributed by atoms with E-state index >= 15 is 0 Å². The Morgan fingerprint density at radius 3 is 2.95 bits per heavy atom.